The van der Waals surface area contributed by atoms with Gasteiger partial charge in [0.2, 0.25) is 23.6 Å². The predicted octanol–water partition coefficient (Wildman–Crippen LogP) is -0.904. The molecule has 0 bridgehead atoms. The van der Waals surface area contributed by atoms with E-state index in [-0.39, 0.29) is 77.8 Å². The van der Waals surface area contributed by atoms with Gasteiger partial charge in [-0.15, -0.1) is 0 Å². The quantitative estimate of drug-likeness (QED) is 0.247. The van der Waals surface area contributed by atoms with Crippen molar-refractivity contribution in [1.29, 1.82) is 0 Å². The number of nitrogens with two attached hydrogens (primary N) is 2. The normalized spacial score (nSPS) is 17.3. The van der Waals surface area contributed by atoms with Crippen LogP contribution in [0.2, 0.25) is 0 Å². The van der Waals surface area contributed by atoms with Crippen molar-refractivity contribution in [3.8, 4) is 0 Å². The summed E-state index contributed by atoms with van der Waals surface area (Å²) < 4.78 is 22.7. The van der Waals surface area contributed by atoms with Crippen molar-refractivity contribution in [2.24, 2.45) is 11.5 Å². The summed E-state index contributed by atoms with van der Waals surface area (Å²) in [6, 6.07) is 17.3. The zero-order valence-electron chi connectivity index (χ0n) is 27.6. The Morgan fingerprint density at radius 3 is 1.17 bits per heavy atom. The van der Waals surface area contributed by atoms with Gasteiger partial charge in [0.25, 0.3) is 0 Å². The minimum atomic E-state index is -0.771. The first-order valence-corrected chi connectivity index (χ1v) is 16.3. The highest BCUT2D eigenvalue weighted by molar-refractivity contribution is 5.88. The van der Waals surface area contributed by atoms with E-state index < -0.39 is 23.9 Å². The van der Waals surface area contributed by atoms with Gasteiger partial charge in [0.1, 0.15) is 0 Å². The highest BCUT2D eigenvalue weighted by atomic mass is 16.5. The number of amides is 4. The molecule has 0 radical (unpaired) electrons. The first-order chi connectivity index (χ1) is 23.3. The van der Waals surface area contributed by atoms with Gasteiger partial charge in [-0.3, -0.25) is 19.2 Å². The molecule has 14 heteroatoms. The molecule has 264 valence electrons. The van der Waals surface area contributed by atoms with E-state index in [2.05, 4.69) is 10.6 Å². The maximum absolute atomic E-state index is 12.9. The lowest BCUT2D eigenvalue weighted by atomic mass is 10.1. The minimum Gasteiger partial charge on any atom is -0.377 e. The first kappa shape index (κ1) is 38.5. The first-order valence-electron chi connectivity index (χ1n) is 16.3. The average Bonchev–Trinajstić information content (AvgIpc) is 3.09. The summed E-state index contributed by atoms with van der Waals surface area (Å²) in [6.07, 6.45) is 0.738. The summed E-state index contributed by atoms with van der Waals surface area (Å²) in [5.41, 5.74) is 14.0. The summed E-state index contributed by atoms with van der Waals surface area (Å²) in [7, 11) is 0. The van der Waals surface area contributed by atoms with Gasteiger partial charge < -0.3 is 50.8 Å². The molecular weight excluding hydrogens is 620 g/mol. The zero-order valence-corrected chi connectivity index (χ0v) is 27.6. The van der Waals surface area contributed by atoms with Crippen molar-refractivity contribution in [3.05, 3.63) is 71.8 Å². The van der Waals surface area contributed by atoms with E-state index in [1.54, 1.807) is 9.80 Å². The smallest absolute Gasteiger partial charge is 0.242 e. The molecule has 0 aliphatic carbocycles. The van der Waals surface area contributed by atoms with E-state index >= 15 is 0 Å². The van der Waals surface area contributed by atoms with E-state index in [4.69, 9.17) is 30.4 Å². The Morgan fingerprint density at radius 1 is 0.542 bits per heavy atom. The van der Waals surface area contributed by atoms with Gasteiger partial charge in [-0.05, 0) is 24.0 Å². The summed E-state index contributed by atoms with van der Waals surface area (Å²) in [5, 5.41) is 5.28. The van der Waals surface area contributed by atoms with Crippen LogP contribution in [-0.4, -0.2) is 138 Å². The molecule has 48 heavy (non-hydrogen) atoms. The second kappa shape index (κ2) is 22.6. The molecular formula is C34H50N6O8. The Labute approximate surface area is 282 Å². The third-order valence-electron chi connectivity index (χ3n) is 7.57. The van der Waals surface area contributed by atoms with Crippen LogP contribution in [0, 0.1) is 0 Å². The zero-order chi connectivity index (χ0) is 34.4. The number of benzene rings is 2. The molecule has 14 nitrogen and oxygen atoms in total. The van der Waals surface area contributed by atoms with Crippen molar-refractivity contribution in [2.75, 3.05) is 92.1 Å². The molecule has 6 N–H and O–H groups in total. The van der Waals surface area contributed by atoms with Crippen molar-refractivity contribution < 1.29 is 38.1 Å². The number of hydrogen-bond donors (Lipinski definition) is 4. The standard InChI is InChI=1S/C34H50N6O8/c35-29(23-27-7-3-1-4-8-27)33(43)37-25-31(41)39-11-15-45-19-21-47-17-13-40(14-18-48-22-20-46-16-12-39)32(42)26-38-34(44)30(36)24-28-9-5-2-6-10-28/h1-10,29-30H,11-26,35-36H2,(H,37,43)(H,38,44)/t29-,30-/m0/s1. The average molecular weight is 671 g/mol. The van der Waals surface area contributed by atoms with Crippen LogP contribution in [0.1, 0.15) is 11.1 Å². The third-order valence-corrected chi connectivity index (χ3v) is 7.57. The lowest BCUT2D eigenvalue weighted by Gasteiger charge is -2.24. The van der Waals surface area contributed by atoms with Crippen LogP contribution >= 0.6 is 0 Å². The Hall–Kier alpha value is -3.92. The number of carbonyl (C=O) groups excluding carboxylic acids is 4. The van der Waals surface area contributed by atoms with Gasteiger partial charge in [-0.2, -0.15) is 0 Å². The second-order valence-corrected chi connectivity index (χ2v) is 11.2. The van der Waals surface area contributed by atoms with Crippen LogP contribution in [0.4, 0.5) is 0 Å². The van der Waals surface area contributed by atoms with Crippen LogP contribution < -0.4 is 22.1 Å². The molecule has 0 aromatic heterocycles. The SMILES string of the molecule is N[C@@H](Cc1ccccc1)C(=O)NCC(=O)N1CCOCCOCCN(C(=O)CNC(=O)[C@@H](N)Cc2ccccc2)CCOCCOCC1. The Kier molecular flexibility index (Phi) is 18.2. The van der Waals surface area contributed by atoms with Crippen LogP contribution in [0.15, 0.2) is 60.7 Å². The third kappa shape index (κ3) is 15.3. The van der Waals surface area contributed by atoms with E-state index in [0.717, 1.165) is 11.1 Å². The van der Waals surface area contributed by atoms with Crippen molar-refractivity contribution in [3.63, 3.8) is 0 Å². The molecule has 2 aromatic rings. The van der Waals surface area contributed by atoms with Gasteiger partial charge in [-0.25, -0.2) is 0 Å². The topological polar surface area (TPSA) is 188 Å². The number of nitrogens with zero attached hydrogens (tertiary/aromatic N) is 2. The maximum Gasteiger partial charge on any atom is 0.242 e. The number of nitrogens with one attached hydrogen (secondary N) is 2. The minimum absolute atomic E-state index is 0.188. The molecule has 0 spiro atoms. The fourth-order valence-corrected chi connectivity index (χ4v) is 4.80. The van der Waals surface area contributed by atoms with Crippen molar-refractivity contribution in [1.82, 2.24) is 20.4 Å². The van der Waals surface area contributed by atoms with Crippen LogP contribution in [-0.2, 0) is 51.0 Å². The molecule has 1 fully saturated rings. The Morgan fingerprint density at radius 2 is 0.854 bits per heavy atom. The number of ether oxygens (including phenoxy) is 4. The number of hydrogen-bond acceptors (Lipinski definition) is 10. The van der Waals surface area contributed by atoms with E-state index in [1.807, 2.05) is 60.7 Å². The summed E-state index contributed by atoms with van der Waals surface area (Å²) in [4.78, 5) is 54.0. The van der Waals surface area contributed by atoms with Crippen LogP contribution in [0.5, 0.6) is 0 Å². The lowest BCUT2D eigenvalue weighted by Crippen LogP contribution is -2.48. The number of rotatable bonds is 10. The molecule has 1 saturated heterocycles. The maximum atomic E-state index is 12.9. The largest absolute Gasteiger partial charge is 0.377 e. The highest BCUT2D eigenvalue weighted by Crippen LogP contribution is 2.03. The summed E-state index contributed by atoms with van der Waals surface area (Å²) in [5.74, 6) is -1.35. The molecule has 0 saturated carbocycles. The van der Waals surface area contributed by atoms with Crippen LogP contribution in [0.3, 0.4) is 0 Å². The molecule has 1 aliphatic heterocycles. The second-order valence-electron chi connectivity index (χ2n) is 11.2. The monoisotopic (exact) mass is 670 g/mol. The fraction of sp³-hybridized carbons (Fsp3) is 0.529. The molecule has 2 aromatic carbocycles. The molecule has 3 rings (SSSR count). The molecule has 1 aliphatic rings. The van der Waals surface area contributed by atoms with E-state index in [9.17, 15) is 19.2 Å². The molecule has 1 heterocycles. The van der Waals surface area contributed by atoms with Gasteiger partial charge >= 0.3 is 0 Å². The number of carbonyl (C=O) groups is 4. The Bertz CT molecular complexity index is 1120. The molecule has 0 unspecified atom stereocenters. The van der Waals surface area contributed by atoms with Crippen molar-refractivity contribution >= 4 is 23.6 Å². The lowest BCUT2D eigenvalue weighted by molar-refractivity contribution is -0.135. The van der Waals surface area contributed by atoms with E-state index in [0.29, 0.717) is 39.0 Å². The van der Waals surface area contributed by atoms with Crippen molar-refractivity contribution in [2.45, 2.75) is 24.9 Å². The summed E-state index contributed by atoms with van der Waals surface area (Å²) >= 11 is 0. The van der Waals surface area contributed by atoms with Gasteiger partial charge in [0.15, 0.2) is 0 Å². The summed E-state index contributed by atoms with van der Waals surface area (Å²) in [6.45, 7) is 3.01. The van der Waals surface area contributed by atoms with Gasteiger partial charge in [-0.1, -0.05) is 60.7 Å². The van der Waals surface area contributed by atoms with Gasteiger partial charge in [0.05, 0.1) is 78.0 Å². The highest BCUT2D eigenvalue weighted by Gasteiger charge is 2.20. The molecule has 2 atom stereocenters. The molecule has 4 amide bonds. The fourth-order valence-electron chi connectivity index (χ4n) is 4.80. The predicted molar refractivity (Wildman–Crippen MR) is 179 cm³/mol. The van der Waals surface area contributed by atoms with Crippen LogP contribution in [0.25, 0.3) is 0 Å². The van der Waals surface area contributed by atoms with E-state index in [1.165, 1.54) is 0 Å². The van der Waals surface area contributed by atoms with Gasteiger partial charge in [0, 0.05) is 26.2 Å². The Balaban J connectivity index is 1.39.